The van der Waals surface area contributed by atoms with E-state index in [0.717, 1.165) is 0 Å². The Labute approximate surface area is 95.3 Å². The Morgan fingerprint density at radius 1 is 1.38 bits per heavy atom. The fourth-order valence-electron chi connectivity index (χ4n) is 1.07. The monoisotopic (exact) mass is 244 g/mol. The summed E-state index contributed by atoms with van der Waals surface area (Å²) >= 11 is 0. The van der Waals surface area contributed by atoms with E-state index in [4.69, 9.17) is 5.73 Å². The van der Waals surface area contributed by atoms with Crippen LogP contribution in [0.3, 0.4) is 0 Å². The predicted molar refractivity (Wildman–Crippen MR) is 62.3 cm³/mol. The summed E-state index contributed by atoms with van der Waals surface area (Å²) in [6.45, 7) is 2.97. The number of rotatable bonds is 4. The molecule has 1 aromatic carbocycles. The highest BCUT2D eigenvalue weighted by molar-refractivity contribution is 7.89. The topological polar surface area (TPSA) is 92.4 Å². The zero-order chi connectivity index (χ0) is 12.4. The number of nitrogens with two attached hydrogens (primary N) is 1. The van der Waals surface area contributed by atoms with Crippen molar-refractivity contribution in [2.45, 2.75) is 24.3 Å². The first kappa shape index (κ1) is 13.0. The number of sulfonamides is 1. The van der Waals surface area contributed by atoms with Gasteiger partial charge in [0.2, 0.25) is 10.0 Å². The summed E-state index contributed by atoms with van der Waals surface area (Å²) in [7, 11) is -3.66. The van der Waals surface area contributed by atoms with Crippen molar-refractivity contribution in [3.63, 3.8) is 0 Å². The second-order valence-electron chi connectivity index (χ2n) is 4.17. The van der Waals surface area contributed by atoms with Crippen molar-refractivity contribution in [2.75, 3.05) is 12.3 Å². The Morgan fingerprint density at radius 3 is 2.44 bits per heavy atom. The van der Waals surface area contributed by atoms with Crippen LogP contribution in [-0.2, 0) is 10.0 Å². The molecule has 6 heteroatoms. The predicted octanol–water partition coefficient (Wildman–Crippen LogP) is 0.318. The molecule has 90 valence electrons. The van der Waals surface area contributed by atoms with Crippen molar-refractivity contribution in [3.8, 4) is 0 Å². The molecule has 5 nitrogen and oxygen atoms in total. The summed E-state index contributed by atoms with van der Waals surface area (Å²) in [6, 6.07) is 6.18. The molecule has 1 rings (SSSR count). The second kappa shape index (κ2) is 4.40. The summed E-state index contributed by atoms with van der Waals surface area (Å²) in [6.07, 6.45) is 0. The number of anilines is 1. The fourth-order valence-corrected chi connectivity index (χ4v) is 2.41. The highest BCUT2D eigenvalue weighted by Crippen LogP contribution is 2.17. The standard InChI is InChI=1S/C10H16N2O3S/c1-10(2,13)7-12-16(14,15)9-6-4-3-5-8(9)11/h3-6,12-13H,7,11H2,1-2H3. The van der Waals surface area contributed by atoms with Crippen LogP contribution in [0.1, 0.15) is 13.8 Å². The van der Waals surface area contributed by atoms with Crippen molar-refractivity contribution in [1.82, 2.24) is 4.72 Å². The molecular formula is C10H16N2O3S. The number of benzene rings is 1. The van der Waals surface area contributed by atoms with Gasteiger partial charge in [-0.15, -0.1) is 0 Å². The Bertz CT molecular complexity index is 463. The van der Waals surface area contributed by atoms with Gasteiger partial charge in [0.15, 0.2) is 0 Å². The zero-order valence-corrected chi connectivity index (χ0v) is 10.1. The summed E-state index contributed by atoms with van der Waals surface area (Å²) in [4.78, 5) is 0.0271. The van der Waals surface area contributed by atoms with Gasteiger partial charge in [0.05, 0.1) is 11.3 Å². The third-order valence-electron chi connectivity index (χ3n) is 1.90. The van der Waals surface area contributed by atoms with Crippen molar-refractivity contribution >= 4 is 15.7 Å². The van der Waals surface area contributed by atoms with Gasteiger partial charge in [-0.25, -0.2) is 13.1 Å². The van der Waals surface area contributed by atoms with E-state index < -0.39 is 15.6 Å². The van der Waals surface area contributed by atoms with Crippen LogP contribution in [0.4, 0.5) is 5.69 Å². The molecule has 0 aliphatic heterocycles. The number of nitrogen functional groups attached to an aromatic ring is 1. The van der Waals surface area contributed by atoms with E-state index in [-0.39, 0.29) is 17.1 Å². The molecule has 0 spiro atoms. The first-order chi connectivity index (χ1) is 7.22. The molecule has 0 amide bonds. The molecule has 0 atom stereocenters. The van der Waals surface area contributed by atoms with E-state index in [1.807, 2.05) is 0 Å². The van der Waals surface area contributed by atoms with E-state index in [1.165, 1.54) is 26.0 Å². The van der Waals surface area contributed by atoms with E-state index >= 15 is 0 Å². The minimum Gasteiger partial charge on any atom is -0.398 e. The molecule has 0 saturated carbocycles. The number of hydrogen-bond donors (Lipinski definition) is 3. The molecule has 0 unspecified atom stereocenters. The van der Waals surface area contributed by atoms with Crippen molar-refractivity contribution < 1.29 is 13.5 Å². The van der Waals surface area contributed by atoms with Gasteiger partial charge in [0.1, 0.15) is 4.90 Å². The third-order valence-corrected chi connectivity index (χ3v) is 3.38. The van der Waals surface area contributed by atoms with Gasteiger partial charge < -0.3 is 10.8 Å². The van der Waals surface area contributed by atoms with Crippen molar-refractivity contribution in [3.05, 3.63) is 24.3 Å². The number of nitrogens with one attached hydrogen (secondary N) is 1. The zero-order valence-electron chi connectivity index (χ0n) is 9.27. The maximum absolute atomic E-state index is 11.8. The number of aliphatic hydroxyl groups is 1. The van der Waals surface area contributed by atoms with Crippen LogP contribution in [0.2, 0.25) is 0 Å². The normalized spacial score (nSPS) is 12.7. The SMILES string of the molecule is CC(C)(O)CNS(=O)(=O)c1ccccc1N. The van der Waals surface area contributed by atoms with Crippen LogP contribution in [0.5, 0.6) is 0 Å². The quantitative estimate of drug-likeness (QED) is 0.665. The summed E-state index contributed by atoms with van der Waals surface area (Å²) in [5, 5.41) is 9.44. The first-order valence-corrected chi connectivity index (χ1v) is 6.27. The Morgan fingerprint density at radius 2 is 1.94 bits per heavy atom. The molecule has 1 aromatic rings. The molecule has 0 aromatic heterocycles. The maximum atomic E-state index is 11.8. The summed E-state index contributed by atoms with van der Waals surface area (Å²) in [5.41, 5.74) is 4.65. The van der Waals surface area contributed by atoms with E-state index in [0.29, 0.717) is 0 Å². The highest BCUT2D eigenvalue weighted by atomic mass is 32.2. The van der Waals surface area contributed by atoms with E-state index in [1.54, 1.807) is 12.1 Å². The molecule has 4 N–H and O–H groups in total. The van der Waals surface area contributed by atoms with Crippen LogP contribution in [-0.4, -0.2) is 25.7 Å². The Hall–Kier alpha value is -1.11. The van der Waals surface area contributed by atoms with E-state index in [9.17, 15) is 13.5 Å². The third kappa shape index (κ3) is 3.48. The van der Waals surface area contributed by atoms with Crippen LogP contribution in [0.15, 0.2) is 29.2 Å². The van der Waals surface area contributed by atoms with Gasteiger partial charge in [-0.2, -0.15) is 0 Å². The lowest BCUT2D eigenvalue weighted by molar-refractivity contribution is 0.0857. The van der Waals surface area contributed by atoms with Gasteiger partial charge >= 0.3 is 0 Å². The minimum atomic E-state index is -3.66. The van der Waals surface area contributed by atoms with Gasteiger partial charge in [-0.1, -0.05) is 12.1 Å². The summed E-state index contributed by atoms with van der Waals surface area (Å²) in [5.74, 6) is 0. The average Bonchev–Trinajstić information content (AvgIpc) is 2.14. The molecule has 0 saturated heterocycles. The smallest absolute Gasteiger partial charge is 0.242 e. The molecular weight excluding hydrogens is 228 g/mol. The number of hydrogen-bond acceptors (Lipinski definition) is 4. The molecule has 0 fully saturated rings. The molecule has 0 aliphatic carbocycles. The van der Waals surface area contributed by atoms with Gasteiger partial charge in [-0.3, -0.25) is 0 Å². The Kier molecular flexibility index (Phi) is 3.57. The fraction of sp³-hybridized carbons (Fsp3) is 0.400. The van der Waals surface area contributed by atoms with Crippen LogP contribution >= 0.6 is 0 Å². The lowest BCUT2D eigenvalue weighted by atomic mass is 10.1. The summed E-state index contributed by atoms with van der Waals surface area (Å²) < 4.78 is 25.9. The molecule has 0 radical (unpaired) electrons. The molecule has 0 heterocycles. The molecule has 0 bridgehead atoms. The highest BCUT2D eigenvalue weighted by Gasteiger charge is 2.21. The average molecular weight is 244 g/mol. The maximum Gasteiger partial charge on any atom is 0.242 e. The van der Waals surface area contributed by atoms with Crippen LogP contribution < -0.4 is 10.5 Å². The lowest BCUT2D eigenvalue weighted by Crippen LogP contribution is -2.38. The first-order valence-electron chi connectivity index (χ1n) is 4.79. The molecule has 16 heavy (non-hydrogen) atoms. The minimum absolute atomic E-state index is 0.0271. The van der Waals surface area contributed by atoms with Crippen molar-refractivity contribution in [2.24, 2.45) is 0 Å². The lowest BCUT2D eigenvalue weighted by Gasteiger charge is -2.18. The second-order valence-corrected chi connectivity index (χ2v) is 5.91. The van der Waals surface area contributed by atoms with Crippen LogP contribution in [0, 0.1) is 0 Å². The number of para-hydroxylation sites is 1. The van der Waals surface area contributed by atoms with Gasteiger partial charge in [-0.05, 0) is 26.0 Å². The largest absolute Gasteiger partial charge is 0.398 e. The van der Waals surface area contributed by atoms with Gasteiger partial charge in [0, 0.05) is 6.54 Å². The van der Waals surface area contributed by atoms with Crippen molar-refractivity contribution in [1.29, 1.82) is 0 Å². The van der Waals surface area contributed by atoms with Crippen LogP contribution in [0.25, 0.3) is 0 Å². The Balaban J connectivity index is 2.92. The van der Waals surface area contributed by atoms with E-state index in [2.05, 4.69) is 4.72 Å². The van der Waals surface area contributed by atoms with Gasteiger partial charge in [0.25, 0.3) is 0 Å². The molecule has 0 aliphatic rings.